The smallest absolute Gasteiger partial charge is 0.126 e. The van der Waals surface area contributed by atoms with E-state index in [1.54, 1.807) is 14.2 Å². The number of methoxy groups -OCH3 is 2. The van der Waals surface area contributed by atoms with Gasteiger partial charge in [0.15, 0.2) is 0 Å². The third kappa shape index (κ3) is 3.51. The summed E-state index contributed by atoms with van der Waals surface area (Å²) in [4.78, 5) is 2.52. The fourth-order valence-electron chi connectivity index (χ4n) is 4.36. The number of nitrogens with zero attached hydrogens (tertiary/aromatic N) is 1. The number of piperidine rings is 1. The Balaban J connectivity index is 1.60. The van der Waals surface area contributed by atoms with Gasteiger partial charge in [-0.25, -0.2) is 0 Å². The van der Waals surface area contributed by atoms with Crippen molar-refractivity contribution in [1.82, 2.24) is 4.90 Å². The van der Waals surface area contributed by atoms with Gasteiger partial charge in [-0.2, -0.15) is 0 Å². The molecule has 2 heterocycles. The molecule has 0 unspecified atom stereocenters. The van der Waals surface area contributed by atoms with Crippen molar-refractivity contribution in [2.45, 2.75) is 38.2 Å². The van der Waals surface area contributed by atoms with Gasteiger partial charge in [0.2, 0.25) is 0 Å². The molecule has 2 aromatic rings. The normalized spacial score (nSPS) is 18.6. The molecule has 0 amide bonds. The maximum Gasteiger partial charge on any atom is 0.126 e. The highest BCUT2D eigenvalue weighted by molar-refractivity contribution is 5.73. The first kappa shape index (κ1) is 18.2. The molecule has 144 valence electrons. The van der Waals surface area contributed by atoms with Crippen molar-refractivity contribution in [2.75, 3.05) is 33.9 Å². The Morgan fingerprint density at radius 2 is 1.81 bits per heavy atom. The highest BCUT2D eigenvalue weighted by Crippen LogP contribution is 2.42. The summed E-state index contributed by atoms with van der Waals surface area (Å²) >= 11 is 0. The number of fused-ring (bicyclic) bond motifs is 1. The fourth-order valence-corrected chi connectivity index (χ4v) is 4.36. The largest absolute Gasteiger partial charge is 0.497 e. The zero-order valence-electron chi connectivity index (χ0n) is 16.6. The summed E-state index contributed by atoms with van der Waals surface area (Å²) in [7, 11) is 3.40. The number of likely N-dealkylation sites (tertiary alicyclic amines) is 1. The Morgan fingerprint density at radius 3 is 2.52 bits per heavy atom. The Kier molecular flexibility index (Phi) is 5.00. The number of ether oxygens (including phenoxy) is 3. The predicted octanol–water partition coefficient (Wildman–Crippen LogP) is 4.55. The highest BCUT2D eigenvalue weighted by Gasteiger charge is 2.39. The molecule has 2 aliphatic heterocycles. The average Bonchev–Trinajstić information content (AvgIpc) is 2.73. The molecule has 27 heavy (non-hydrogen) atoms. The van der Waals surface area contributed by atoms with E-state index in [9.17, 15) is 0 Å². The molecule has 1 spiro atoms. The SMILES string of the molecule is CCN1CCC2(CCc3cc(-c4cc(OC)ccc4OC)ccc3O2)CC1. The van der Waals surface area contributed by atoms with Crippen LogP contribution in [0.25, 0.3) is 11.1 Å². The molecule has 1 saturated heterocycles. The molecule has 0 N–H and O–H groups in total. The second-order valence-corrected chi connectivity index (χ2v) is 7.61. The van der Waals surface area contributed by atoms with Gasteiger partial charge in [-0.1, -0.05) is 13.0 Å². The fraction of sp³-hybridized carbons (Fsp3) is 0.478. The molecule has 0 radical (unpaired) electrons. The Morgan fingerprint density at radius 1 is 1.00 bits per heavy atom. The molecule has 0 bridgehead atoms. The van der Waals surface area contributed by atoms with E-state index in [-0.39, 0.29) is 5.60 Å². The van der Waals surface area contributed by atoms with Crippen LogP contribution in [0.15, 0.2) is 36.4 Å². The monoisotopic (exact) mass is 367 g/mol. The summed E-state index contributed by atoms with van der Waals surface area (Å²) in [5.41, 5.74) is 3.52. The van der Waals surface area contributed by atoms with Crippen LogP contribution in [0, 0.1) is 0 Å². The van der Waals surface area contributed by atoms with Crippen molar-refractivity contribution in [3.8, 4) is 28.4 Å². The molecule has 4 heteroatoms. The van der Waals surface area contributed by atoms with Gasteiger partial charge >= 0.3 is 0 Å². The quantitative estimate of drug-likeness (QED) is 0.793. The minimum atomic E-state index is 0.0356. The Labute approximate surface area is 162 Å². The number of hydrogen-bond donors (Lipinski definition) is 0. The van der Waals surface area contributed by atoms with Crippen LogP contribution in [0.5, 0.6) is 17.2 Å². The minimum absolute atomic E-state index is 0.0356. The van der Waals surface area contributed by atoms with Crippen LogP contribution < -0.4 is 14.2 Å². The molecular weight excluding hydrogens is 338 g/mol. The maximum absolute atomic E-state index is 6.56. The van der Waals surface area contributed by atoms with E-state index in [4.69, 9.17) is 14.2 Å². The zero-order chi connectivity index (χ0) is 18.9. The molecule has 0 aromatic heterocycles. The molecular formula is C23H29NO3. The zero-order valence-corrected chi connectivity index (χ0v) is 16.6. The Bertz CT molecular complexity index is 809. The highest BCUT2D eigenvalue weighted by atomic mass is 16.5. The van der Waals surface area contributed by atoms with E-state index in [0.717, 1.165) is 73.7 Å². The standard InChI is InChI=1S/C23H29NO3/c1-4-24-13-11-23(12-14-24)10-9-18-15-17(5-7-21(18)27-23)20-16-19(25-2)6-8-22(20)26-3/h5-8,15-16H,4,9-14H2,1-3H3. The topological polar surface area (TPSA) is 30.9 Å². The molecule has 2 aliphatic rings. The lowest BCUT2D eigenvalue weighted by molar-refractivity contribution is -0.0132. The second-order valence-electron chi connectivity index (χ2n) is 7.61. The summed E-state index contributed by atoms with van der Waals surface area (Å²) in [5, 5.41) is 0. The van der Waals surface area contributed by atoms with Crippen LogP contribution >= 0.6 is 0 Å². The number of hydrogen-bond acceptors (Lipinski definition) is 4. The lowest BCUT2D eigenvalue weighted by atomic mass is 9.82. The van der Waals surface area contributed by atoms with Crippen LogP contribution in [0.3, 0.4) is 0 Å². The molecule has 0 atom stereocenters. The first-order chi connectivity index (χ1) is 13.2. The number of benzene rings is 2. The van der Waals surface area contributed by atoms with Crippen molar-refractivity contribution in [3.63, 3.8) is 0 Å². The molecule has 0 aliphatic carbocycles. The van der Waals surface area contributed by atoms with Gasteiger partial charge in [0.1, 0.15) is 22.8 Å². The van der Waals surface area contributed by atoms with Crippen LogP contribution in [0.4, 0.5) is 0 Å². The molecule has 2 aromatic carbocycles. The van der Waals surface area contributed by atoms with Gasteiger partial charge in [-0.15, -0.1) is 0 Å². The van der Waals surface area contributed by atoms with E-state index in [1.165, 1.54) is 5.56 Å². The third-order valence-electron chi connectivity index (χ3n) is 6.17. The summed E-state index contributed by atoms with van der Waals surface area (Å²) in [6, 6.07) is 12.4. The van der Waals surface area contributed by atoms with Crippen LogP contribution in [0.2, 0.25) is 0 Å². The lowest BCUT2D eigenvalue weighted by Gasteiger charge is -2.44. The van der Waals surface area contributed by atoms with Gasteiger partial charge in [-0.05, 0) is 73.7 Å². The van der Waals surface area contributed by atoms with E-state index >= 15 is 0 Å². The first-order valence-electron chi connectivity index (χ1n) is 9.93. The molecule has 4 nitrogen and oxygen atoms in total. The van der Waals surface area contributed by atoms with Gasteiger partial charge in [0.05, 0.1) is 14.2 Å². The van der Waals surface area contributed by atoms with Crippen LogP contribution in [-0.4, -0.2) is 44.4 Å². The van der Waals surface area contributed by atoms with Crippen molar-refractivity contribution in [2.24, 2.45) is 0 Å². The van der Waals surface area contributed by atoms with Crippen LogP contribution in [0.1, 0.15) is 31.7 Å². The van der Waals surface area contributed by atoms with E-state index in [1.807, 2.05) is 18.2 Å². The van der Waals surface area contributed by atoms with Gasteiger partial charge in [0.25, 0.3) is 0 Å². The van der Waals surface area contributed by atoms with Crippen LogP contribution in [-0.2, 0) is 6.42 Å². The summed E-state index contributed by atoms with van der Waals surface area (Å²) < 4.78 is 17.5. The average molecular weight is 367 g/mol. The molecule has 1 fully saturated rings. The van der Waals surface area contributed by atoms with E-state index in [2.05, 4.69) is 30.0 Å². The van der Waals surface area contributed by atoms with Crippen molar-refractivity contribution in [1.29, 1.82) is 0 Å². The maximum atomic E-state index is 6.56. The van der Waals surface area contributed by atoms with E-state index in [0.29, 0.717) is 0 Å². The summed E-state index contributed by atoms with van der Waals surface area (Å²) in [5.74, 6) is 2.74. The second kappa shape index (κ2) is 7.43. The van der Waals surface area contributed by atoms with E-state index < -0.39 is 0 Å². The van der Waals surface area contributed by atoms with Crippen molar-refractivity contribution in [3.05, 3.63) is 42.0 Å². The predicted molar refractivity (Wildman–Crippen MR) is 108 cm³/mol. The third-order valence-corrected chi connectivity index (χ3v) is 6.17. The van der Waals surface area contributed by atoms with Gasteiger partial charge in [-0.3, -0.25) is 0 Å². The summed E-state index contributed by atoms with van der Waals surface area (Å²) in [6.45, 7) is 5.66. The minimum Gasteiger partial charge on any atom is -0.497 e. The van der Waals surface area contributed by atoms with Gasteiger partial charge in [0, 0.05) is 18.7 Å². The lowest BCUT2D eigenvalue weighted by Crippen LogP contribution is -2.49. The number of rotatable bonds is 4. The molecule has 4 rings (SSSR count). The van der Waals surface area contributed by atoms with Crippen molar-refractivity contribution < 1.29 is 14.2 Å². The van der Waals surface area contributed by atoms with Crippen molar-refractivity contribution >= 4 is 0 Å². The Hall–Kier alpha value is -2.20. The number of aryl methyl sites for hydroxylation is 1. The first-order valence-corrected chi connectivity index (χ1v) is 9.93. The molecule has 0 saturated carbocycles. The summed E-state index contributed by atoms with van der Waals surface area (Å²) in [6.07, 6.45) is 4.44. The van der Waals surface area contributed by atoms with Gasteiger partial charge < -0.3 is 19.1 Å².